The van der Waals surface area contributed by atoms with E-state index in [0.29, 0.717) is 17.9 Å². The summed E-state index contributed by atoms with van der Waals surface area (Å²) in [4.78, 5) is 26.6. The van der Waals surface area contributed by atoms with Crippen molar-refractivity contribution in [2.45, 2.75) is 24.2 Å². The Morgan fingerprint density at radius 1 is 1.44 bits per heavy atom. The van der Waals surface area contributed by atoms with E-state index in [0.717, 1.165) is 0 Å². The molecule has 1 amide bonds. The normalized spacial score (nSPS) is 35.1. The first-order valence-electron chi connectivity index (χ1n) is 8.21. The third-order valence-electron chi connectivity index (χ3n) is 5.45. The summed E-state index contributed by atoms with van der Waals surface area (Å²) in [5.41, 5.74) is -0.204. The van der Waals surface area contributed by atoms with E-state index < -0.39 is 29.5 Å². The van der Waals surface area contributed by atoms with Gasteiger partial charge in [-0.2, -0.15) is 0 Å². The van der Waals surface area contributed by atoms with Crippen LogP contribution in [0.5, 0.6) is 5.75 Å². The Morgan fingerprint density at radius 2 is 2.16 bits per heavy atom. The molecule has 1 aromatic rings. The van der Waals surface area contributed by atoms with Gasteiger partial charge < -0.3 is 19.5 Å². The molecule has 3 heterocycles. The molecule has 2 fully saturated rings. The third-order valence-corrected chi connectivity index (χ3v) is 5.45. The van der Waals surface area contributed by atoms with Gasteiger partial charge in [0.05, 0.1) is 25.2 Å². The van der Waals surface area contributed by atoms with Gasteiger partial charge in [0.1, 0.15) is 17.3 Å². The molecule has 0 aromatic heterocycles. The first-order chi connectivity index (χ1) is 12.0. The first-order valence-corrected chi connectivity index (χ1v) is 8.21. The number of ether oxygens (including phenoxy) is 2. The molecule has 1 N–H and O–H groups in total. The highest BCUT2D eigenvalue weighted by molar-refractivity contribution is 6.03. The largest absolute Gasteiger partial charge is 0.497 e. The quantitative estimate of drug-likeness (QED) is 0.829. The second kappa shape index (κ2) is 5.46. The van der Waals surface area contributed by atoms with Gasteiger partial charge in [-0.1, -0.05) is 18.2 Å². The number of hydrogen-bond donors (Lipinski definition) is 1. The number of carboxylic acids is 1. The number of anilines is 1. The van der Waals surface area contributed by atoms with Crippen LogP contribution < -0.4 is 9.64 Å². The van der Waals surface area contributed by atoms with Crippen molar-refractivity contribution >= 4 is 17.6 Å². The maximum atomic E-state index is 13.2. The van der Waals surface area contributed by atoms with Gasteiger partial charge in [-0.15, -0.1) is 6.58 Å². The lowest BCUT2D eigenvalue weighted by Crippen LogP contribution is -2.45. The number of nitrogens with zero attached hydrogens (tertiary/aromatic N) is 1. The summed E-state index contributed by atoms with van der Waals surface area (Å²) < 4.78 is 11.2. The Kier molecular flexibility index (Phi) is 3.47. The average molecular weight is 341 g/mol. The number of carboxylic acid groups (broad SMARTS) is 1. The summed E-state index contributed by atoms with van der Waals surface area (Å²) in [6, 6.07) is 6.85. The molecule has 0 radical (unpaired) electrons. The second-order valence-electron chi connectivity index (χ2n) is 6.58. The molecule has 1 spiro atoms. The number of aliphatic carboxylic acids is 1. The summed E-state index contributed by atoms with van der Waals surface area (Å²) >= 11 is 0. The van der Waals surface area contributed by atoms with E-state index in [1.54, 1.807) is 48.4 Å². The molecule has 2 bridgehead atoms. The standard InChI is InChI=1S/C19H19NO5/c1-3-4-14-19-10-9-13(25-19)15(18(22)23)16(19)17(21)20(14)11-5-7-12(24-2)8-6-11/h3,5-10,13-16H,1,4H2,2H3,(H,22,23)/t13-,14+,15-,16-,19-/m1/s1. The van der Waals surface area contributed by atoms with E-state index in [1.165, 1.54) is 0 Å². The number of rotatable bonds is 5. The van der Waals surface area contributed by atoms with Gasteiger partial charge in [-0.25, -0.2) is 0 Å². The van der Waals surface area contributed by atoms with E-state index >= 15 is 0 Å². The highest BCUT2D eigenvalue weighted by Gasteiger charge is 2.71. The van der Waals surface area contributed by atoms with Crippen molar-refractivity contribution in [1.29, 1.82) is 0 Å². The summed E-state index contributed by atoms with van der Waals surface area (Å²) in [7, 11) is 1.58. The molecule has 1 aromatic carbocycles. The SMILES string of the molecule is C=CC[C@@H]1N(c2ccc(OC)cc2)C(=O)[C@H]2[C@H](C(=O)O)[C@H]3C=C[C@@]12O3. The Labute approximate surface area is 145 Å². The fourth-order valence-electron chi connectivity index (χ4n) is 4.43. The van der Waals surface area contributed by atoms with E-state index in [4.69, 9.17) is 9.47 Å². The van der Waals surface area contributed by atoms with Crippen molar-refractivity contribution in [3.8, 4) is 5.75 Å². The lowest BCUT2D eigenvalue weighted by Gasteiger charge is -2.32. The van der Waals surface area contributed by atoms with Crippen molar-refractivity contribution in [2.24, 2.45) is 11.8 Å². The van der Waals surface area contributed by atoms with Crippen LogP contribution in [0.4, 0.5) is 5.69 Å². The van der Waals surface area contributed by atoms with Crippen LogP contribution in [0.15, 0.2) is 49.1 Å². The predicted molar refractivity (Wildman–Crippen MR) is 90.4 cm³/mol. The number of benzene rings is 1. The number of methoxy groups -OCH3 is 1. The van der Waals surface area contributed by atoms with Gasteiger partial charge in [0.15, 0.2) is 0 Å². The molecular formula is C19H19NO5. The number of hydrogen-bond acceptors (Lipinski definition) is 4. The minimum atomic E-state index is -0.997. The first kappa shape index (κ1) is 15.9. The summed E-state index contributed by atoms with van der Waals surface area (Å²) in [5, 5.41) is 9.62. The Balaban J connectivity index is 1.80. The molecule has 3 aliphatic heterocycles. The van der Waals surface area contributed by atoms with Crippen LogP contribution in [-0.4, -0.2) is 41.8 Å². The summed E-state index contributed by atoms with van der Waals surface area (Å²) in [6.07, 6.45) is 5.35. The van der Waals surface area contributed by atoms with Crippen LogP contribution in [0.1, 0.15) is 6.42 Å². The van der Waals surface area contributed by atoms with E-state index in [-0.39, 0.29) is 11.9 Å². The molecule has 3 aliphatic rings. The van der Waals surface area contributed by atoms with Gasteiger partial charge in [-0.05, 0) is 30.7 Å². The van der Waals surface area contributed by atoms with E-state index in [1.807, 2.05) is 6.08 Å². The number of amides is 1. The zero-order chi connectivity index (χ0) is 17.8. The van der Waals surface area contributed by atoms with Gasteiger partial charge in [0, 0.05) is 5.69 Å². The molecule has 25 heavy (non-hydrogen) atoms. The van der Waals surface area contributed by atoms with Crippen LogP contribution in [0.2, 0.25) is 0 Å². The van der Waals surface area contributed by atoms with E-state index in [9.17, 15) is 14.7 Å². The molecule has 6 nitrogen and oxygen atoms in total. The van der Waals surface area contributed by atoms with Crippen LogP contribution >= 0.6 is 0 Å². The molecule has 0 aliphatic carbocycles. The van der Waals surface area contributed by atoms with Crippen molar-refractivity contribution in [3.63, 3.8) is 0 Å². The zero-order valence-corrected chi connectivity index (χ0v) is 13.8. The number of fused-ring (bicyclic) bond motifs is 1. The molecule has 2 saturated heterocycles. The molecule has 0 unspecified atom stereocenters. The highest BCUT2D eigenvalue weighted by atomic mass is 16.5. The average Bonchev–Trinajstić information content (AvgIpc) is 3.24. The van der Waals surface area contributed by atoms with Gasteiger partial charge in [0.2, 0.25) is 5.91 Å². The predicted octanol–water partition coefficient (Wildman–Crippen LogP) is 2.01. The van der Waals surface area contributed by atoms with Crippen LogP contribution in [0, 0.1) is 11.8 Å². The summed E-state index contributed by atoms with van der Waals surface area (Å²) in [5.74, 6) is -2.09. The molecule has 0 saturated carbocycles. The minimum absolute atomic E-state index is 0.212. The molecule has 6 heteroatoms. The van der Waals surface area contributed by atoms with Crippen molar-refractivity contribution in [1.82, 2.24) is 0 Å². The molecule has 5 atom stereocenters. The van der Waals surface area contributed by atoms with Crippen LogP contribution in [0.25, 0.3) is 0 Å². The third kappa shape index (κ3) is 2.00. The molecular weight excluding hydrogens is 322 g/mol. The Morgan fingerprint density at radius 3 is 2.76 bits per heavy atom. The van der Waals surface area contributed by atoms with Crippen LogP contribution in [-0.2, 0) is 14.3 Å². The van der Waals surface area contributed by atoms with Crippen molar-refractivity contribution in [2.75, 3.05) is 12.0 Å². The van der Waals surface area contributed by atoms with Crippen LogP contribution in [0.3, 0.4) is 0 Å². The maximum Gasteiger partial charge on any atom is 0.310 e. The van der Waals surface area contributed by atoms with Gasteiger partial charge in [0.25, 0.3) is 0 Å². The summed E-state index contributed by atoms with van der Waals surface area (Å²) in [6.45, 7) is 3.80. The number of carbonyl (C=O) groups excluding carboxylic acids is 1. The monoisotopic (exact) mass is 341 g/mol. The lowest BCUT2D eigenvalue weighted by atomic mass is 9.74. The maximum absolute atomic E-state index is 13.2. The molecule has 130 valence electrons. The number of carbonyl (C=O) groups is 2. The Bertz CT molecular complexity index is 771. The fourth-order valence-corrected chi connectivity index (χ4v) is 4.43. The van der Waals surface area contributed by atoms with E-state index in [2.05, 4.69) is 6.58 Å². The second-order valence-corrected chi connectivity index (χ2v) is 6.58. The molecule has 4 rings (SSSR count). The topological polar surface area (TPSA) is 76.1 Å². The smallest absolute Gasteiger partial charge is 0.310 e. The van der Waals surface area contributed by atoms with Gasteiger partial charge in [-0.3, -0.25) is 9.59 Å². The van der Waals surface area contributed by atoms with Gasteiger partial charge >= 0.3 is 5.97 Å². The van der Waals surface area contributed by atoms with Crippen molar-refractivity contribution < 1.29 is 24.2 Å². The zero-order valence-electron chi connectivity index (χ0n) is 13.8. The minimum Gasteiger partial charge on any atom is -0.497 e. The highest BCUT2D eigenvalue weighted by Crippen LogP contribution is 2.56. The fraction of sp³-hybridized carbons (Fsp3) is 0.368. The Hall–Kier alpha value is -2.60. The van der Waals surface area contributed by atoms with Crippen molar-refractivity contribution in [3.05, 3.63) is 49.1 Å². The lowest BCUT2D eigenvalue weighted by molar-refractivity contribution is -0.146.